The lowest BCUT2D eigenvalue weighted by molar-refractivity contribution is -0.134. The maximum absolute atomic E-state index is 6.75. The Bertz CT molecular complexity index is 295. The summed E-state index contributed by atoms with van der Waals surface area (Å²) in [4.78, 5) is 0. The van der Waals surface area contributed by atoms with Gasteiger partial charge < -0.3 is 10.1 Å². The molecular formula is C19H37NO. The van der Waals surface area contributed by atoms with Gasteiger partial charge in [0.15, 0.2) is 0 Å². The third kappa shape index (κ3) is 4.96. The van der Waals surface area contributed by atoms with Crippen LogP contribution in [0.2, 0.25) is 0 Å². The van der Waals surface area contributed by atoms with Crippen LogP contribution in [0.15, 0.2) is 0 Å². The quantitative estimate of drug-likeness (QED) is 0.751. The smallest absolute Gasteiger partial charge is 0.0810 e. The molecule has 0 aromatic carbocycles. The fourth-order valence-corrected chi connectivity index (χ4v) is 4.15. The maximum Gasteiger partial charge on any atom is 0.0810 e. The first-order valence-electron chi connectivity index (χ1n) is 9.37. The van der Waals surface area contributed by atoms with Crippen molar-refractivity contribution in [3.8, 4) is 0 Å². The Morgan fingerprint density at radius 1 is 0.952 bits per heavy atom. The molecule has 2 aliphatic rings. The summed E-state index contributed by atoms with van der Waals surface area (Å²) in [5.74, 6) is 0.939. The summed E-state index contributed by atoms with van der Waals surface area (Å²) in [6.45, 7) is 11.5. The molecule has 2 nitrogen and oxygen atoms in total. The van der Waals surface area contributed by atoms with E-state index in [1.54, 1.807) is 0 Å². The van der Waals surface area contributed by atoms with E-state index in [0.717, 1.165) is 19.0 Å². The molecule has 0 aromatic heterocycles. The highest BCUT2D eigenvalue weighted by molar-refractivity contribution is 4.91. The van der Waals surface area contributed by atoms with Gasteiger partial charge in [-0.15, -0.1) is 0 Å². The van der Waals surface area contributed by atoms with Gasteiger partial charge in [0.05, 0.1) is 11.7 Å². The monoisotopic (exact) mass is 295 g/mol. The SMILES string of the molecule is CCNCC1(OC2CCC(C)(C)CC2)CCC(CC)CC1. The van der Waals surface area contributed by atoms with Crippen LogP contribution in [0.5, 0.6) is 0 Å². The van der Waals surface area contributed by atoms with Gasteiger partial charge in [-0.25, -0.2) is 0 Å². The fourth-order valence-electron chi connectivity index (χ4n) is 4.15. The van der Waals surface area contributed by atoms with Crippen molar-refractivity contribution in [2.45, 2.75) is 97.2 Å². The van der Waals surface area contributed by atoms with Crippen LogP contribution in [0, 0.1) is 11.3 Å². The van der Waals surface area contributed by atoms with Crippen molar-refractivity contribution in [3.63, 3.8) is 0 Å². The second-order valence-electron chi connectivity index (χ2n) is 8.30. The van der Waals surface area contributed by atoms with E-state index in [9.17, 15) is 0 Å². The van der Waals surface area contributed by atoms with Gasteiger partial charge >= 0.3 is 0 Å². The molecule has 0 unspecified atom stereocenters. The van der Waals surface area contributed by atoms with Crippen molar-refractivity contribution in [1.29, 1.82) is 0 Å². The molecule has 2 rings (SSSR count). The second kappa shape index (κ2) is 7.46. The number of ether oxygens (including phenoxy) is 1. The van der Waals surface area contributed by atoms with E-state index in [-0.39, 0.29) is 5.60 Å². The van der Waals surface area contributed by atoms with Crippen molar-refractivity contribution < 1.29 is 4.74 Å². The largest absolute Gasteiger partial charge is 0.370 e. The highest BCUT2D eigenvalue weighted by Crippen LogP contribution is 2.41. The maximum atomic E-state index is 6.75. The van der Waals surface area contributed by atoms with Gasteiger partial charge in [0.2, 0.25) is 0 Å². The normalized spacial score (nSPS) is 34.0. The van der Waals surface area contributed by atoms with Crippen LogP contribution >= 0.6 is 0 Å². The summed E-state index contributed by atoms with van der Waals surface area (Å²) >= 11 is 0. The summed E-state index contributed by atoms with van der Waals surface area (Å²) in [7, 11) is 0. The average Bonchev–Trinajstić information content (AvgIpc) is 2.48. The molecule has 124 valence electrons. The molecule has 2 heteroatoms. The second-order valence-corrected chi connectivity index (χ2v) is 8.30. The van der Waals surface area contributed by atoms with Crippen LogP contribution < -0.4 is 5.32 Å². The molecule has 0 aromatic rings. The highest BCUT2D eigenvalue weighted by atomic mass is 16.5. The number of nitrogens with one attached hydrogen (secondary N) is 1. The topological polar surface area (TPSA) is 21.3 Å². The van der Waals surface area contributed by atoms with Crippen LogP contribution in [-0.4, -0.2) is 24.8 Å². The minimum absolute atomic E-state index is 0.133. The number of rotatable bonds is 6. The fraction of sp³-hybridized carbons (Fsp3) is 1.00. The van der Waals surface area contributed by atoms with Gasteiger partial charge in [-0.05, 0) is 69.2 Å². The van der Waals surface area contributed by atoms with E-state index in [1.807, 2.05) is 0 Å². The van der Waals surface area contributed by atoms with Crippen LogP contribution in [0.4, 0.5) is 0 Å². The predicted molar refractivity (Wildman–Crippen MR) is 90.6 cm³/mol. The molecule has 0 spiro atoms. The number of hydrogen-bond donors (Lipinski definition) is 1. The number of hydrogen-bond acceptors (Lipinski definition) is 2. The Balaban J connectivity index is 1.91. The summed E-state index contributed by atoms with van der Waals surface area (Å²) in [6.07, 6.45) is 12.3. The molecule has 0 amide bonds. The third-order valence-electron chi connectivity index (χ3n) is 5.99. The summed E-state index contributed by atoms with van der Waals surface area (Å²) < 4.78 is 6.75. The van der Waals surface area contributed by atoms with Crippen molar-refractivity contribution in [3.05, 3.63) is 0 Å². The van der Waals surface area contributed by atoms with Crippen LogP contribution in [0.1, 0.15) is 85.5 Å². The van der Waals surface area contributed by atoms with E-state index < -0.39 is 0 Å². The Morgan fingerprint density at radius 2 is 1.57 bits per heavy atom. The van der Waals surface area contributed by atoms with E-state index in [1.165, 1.54) is 57.8 Å². The van der Waals surface area contributed by atoms with Crippen LogP contribution in [-0.2, 0) is 4.74 Å². The van der Waals surface area contributed by atoms with Gasteiger partial charge in [-0.2, -0.15) is 0 Å². The highest BCUT2D eigenvalue weighted by Gasteiger charge is 2.39. The van der Waals surface area contributed by atoms with E-state index >= 15 is 0 Å². The average molecular weight is 296 g/mol. The Hall–Kier alpha value is -0.0800. The van der Waals surface area contributed by atoms with Gasteiger partial charge in [0.25, 0.3) is 0 Å². The van der Waals surface area contributed by atoms with Crippen molar-refractivity contribution in [2.24, 2.45) is 11.3 Å². The van der Waals surface area contributed by atoms with Crippen molar-refractivity contribution >= 4 is 0 Å². The zero-order valence-electron chi connectivity index (χ0n) is 14.8. The van der Waals surface area contributed by atoms with E-state index in [2.05, 4.69) is 33.0 Å². The van der Waals surface area contributed by atoms with E-state index in [0.29, 0.717) is 11.5 Å². The molecular weight excluding hydrogens is 258 g/mol. The Labute approximate surface area is 132 Å². The molecule has 21 heavy (non-hydrogen) atoms. The lowest BCUT2D eigenvalue weighted by Crippen LogP contribution is -2.48. The molecule has 0 saturated heterocycles. The minimum Gasteiger partial charge on any atom is -0.370 e. The summed E-state index contributed by atoms with van der Waals surface area (Å²) in [6, 6.07) is 0. The molecule has 0 bridgehead atoms. The first-order chi connectivity index (χ1) is 9.99. The standard InChI is InChI=1S/C19H37NO/c1-5-16-7-13-19(14-8-16,15-20-6-2)21-17-9-11-18(3,4)12-10-17/h16-17,20H,5-15H2,1-4H3. The van der Waals surface area contributed by atoms with Crippen LogP contribution in [0.25, 0.3) is 0 Å². The van der Waals surface area contributed by atoms with Gasteiger partial charge in [0.1, 0.15) is 0 Å². The molecule has 0 heterocycles. The third-order valence-corrected chi connectivity index (χ3v) is 5.99. The molecule has 2 saturated carbocycles. The molecule has 0 aliphatic heterocycles. The van der Waals surface area contributed by atoms with Crippen molar-refractivity contribution in [1.82, 2.24) is 5.32 Å². The first-order valence-corrected chi connectivity index (χ1v) is 9.37. The minimum atomic E-state index is 0.133. The lowest BCUT2D eigenvalue weighted by atomic mass is 9.75. The van der Waals surface area contributed by atoms with Crippen LogP contribution in [0.3, 0.4) is 0 Å². The molecule has 0 radical (unpaired) electrons. The predicted octanol–water partition coefficient (Wildman–Crippen LogP) is 4.92. The summed E-state index contributed by atoms with van der Waals surface area (Å²) in [5.41, 5.74) is 0.669. The molecule has 2 fully saturated rings. The Morgan fingerprint density at radius 3 is 2.10 bits per heavy atom. The van der Waals surface area contributed by atoms with Gasteiger partial charge in [0, 0.05) is 6.54 Å². The molecule has 2 aliphatic carbocycles. The zero-order chi connectivity index (χ0) is 15.3. The molecule has 1 N–H and O–H groups in total. The lowest BCUT2D eigenvalue weighted by Gasteiger charge is -2.45. The van der Waals surface area contributed by atoms with Crippen molar-refractivity contribution in [2.75, 3.05) is 13.1 Å². The first kappa shape index (κ1) is 17.3. The summed E-state index contributed by atoms with van der Waals surface area (Å²) in [5, 5.41) is 3.57. The number of likely N-dealkylation sites (N-methyl/N-ethyl adjacent to an activating group) is 1. The molecule has 0 atom stereocenters. The van der Waals surface area contributed by atoms with E-state index in [4.69, 9.17) is 4.74 Å². The Kier molecular flexibility index (Phi) is 6.14. The van der Waals surface area contributed by atoms with Gasteiger partial charge in [-0.1, -0.05) is 34.1 Å². The zero-order valence-corrected chi connectivity index (χ0v) is 14.8. The van der Waals surface area contributed by atoms with Gasteiger partial charge in [-0.3, -0.25) is 0 Å².